The lowest BCUT2D eigenvalue weighted by Gasteiger charge is -2.34. The molecular weight excluding hydrogens is 483 g/mol. The van der Waals surface area contributed by atoms with E-state index in [1.165, 1.54) is 10.8 Å². The van der Waals surface area contributed by atoms with E-state index in [0.29, 0.717) is 29.0 Å². The fraction of sp³-hybridized carbons (Fsp3) is 0.440. The van der Waals surface area contributed by atoms with Gasteiger partial charge in [-0.25, -0.2) is 9.18 Å². The van der Waals surface area contributed by atoms with Gasteiger partial charge in [-0.15, -0.1) is 11.3 Å². The number of esters is 1. The lowest BCUT2D eigenvalue weighted by atomic mass is 9.75. The van der Waals surface area contributed by atoms with E-state index in [1.807, 2.05) is 13.8 Å². The summed E-state index contributed by atoms with van der Waals surface area (Å²) in [7, 11) is 1.12. The Hall–Kier alpha value is -2.85. The van der Waals surface area contributed by atoms with Gasteiger partial charge < -0.3 is 19.1 Å². The summed E-state index contributed by atoms with van der Waals surface area (Å²) >= 11 is 1.13. The number of aromatic nitrogens is 1. The Morgan fingerprint density at radius 2 is 2.00 bits per heavy atom. The predicted molar refractivity (Wildman–Crippen MR) is 125 cm³/mol. The molecule has 0 spiro atoms. The zero-order valence-electron chi connectivity index (χ0n) is 19.4. The van der Waals surface area contributed by atoms with Crippen LogP contribution in [-0.2, 0) is 11.2 Å². The number of aliphatic hydroxyl groups excluding tert-OH is 1. The third-order valence-corrected chi connectivity index (χ3v) is 8.14. The third-order valence-electron chi connectivity index (χ3n) is 6.89. The number of halogens is 3. The molecule has 10 heteroatoms. The second kappa shape index (κ2) is 8.37. The smallest absolute Gasteiger partial charge is 0.387 e. The number of fused-ring (bicyclic) bond motifs is 2. The molecule has 0 amide bonds. The first-order chi connectivity index (χ1) is 16.5. The van der Waals surface area contributed by atoms with Gasteiger partial charge in [0.15, 0.2) is 5.75 Å². The fourth-order valence-electron chi connectivity index (χ4n) is 4.72. The van der Waals surface area contributed by atoms with Crippen LogP contribution in [-0.4, -0.2) is 29.4 Å². The molecule has 2 aliphatic rings. The number of aliphatic hydroxyl groups is 1. The van der Waals surface area contributed by atoms with Gasteiger partial charge in [0, 0.05) is 22.0 Å². The molecule has 1 fully saturated rings. The van der Waals surface area contributed by atoms with Crippen LogP contribution in [0.3, 0.4) is 0 Å². The number of nitrogens with zero attached hydrogens (tertiary/aromatic N) is 1. The molecule has 5 rings (SSSR count). The number of hydrogen-bond acceptors (Lipinski definition) is 6. The first kappa shape index (κ1) is 23.9. The van der Waals surface area contributed by atoms with Crippen molar-refractivity contribution in [2.75, 3.05) is 7.11 Å². The zero-order chi connectivity index (χ0) is 25.2. The molecule has 2 aromatic heterocycles. The number of pyridine rings is 1. The number of aryl methyl sites for hydroxylation is 1. The lowest BCUT2D eigenvalue weighted by Crippen LogP contribution is -2.26. The summed E-state index contributed by atoms with van der Waals surface area (Å²) in [5, 5.41) is 10.6. The van der Waals surface area contributed by atoms with Crippen molar-refractivity contribution < 1.29 is 32.5 Å². The van der Waals surface area contributed by atoms with Gasteiger partial charge in [0.1, 0.15) is 11.4 Å². The molecule has 186 valence electrons. The van der Waals surface area contributed by atoms with Gasteiger partial charge in [0.25, 0.3) is 0 Å². The predicted octanol–water partition coefficient (Wildman–Crippen LogP) is 5.60. The van der Waals surface area contributed by atoms with Crippen LogP contribution in [0.5, 0.6) is 5.75 Å². The molecule has 2 aliphatic carbocycles. The summed E-state index contributed by atoms with van der Waals surface area (Å²) in [6.45, 7) is 0.602. The van der Waals surface area contributed by atoms with Gasteiger partial charge in [0.05, 0.1) is 29.7 Å². The van der Waals surface area contributed by atoms with Crippen LogP contribution in [0, 0.1) is 11.2 Å². The molecule has 6 nitrogen and oxygen atoms in total. The van der Waals surface area contributed by atoms with Crippen molar-refractivity contribution >= 4 is 28.2 Å². The van der Waals surface area contributed by atoms with Gasteiger partial charge >= 0.3 is 12.6 Å². The molecule has 2 heterocycles. The highest BCUT2D eigenvalue weighted by Gasteiger charge is 2.37. The highest BCUT2D eigenvalue weighted by Crippen LogP contribution is 2.51. The average molecular weight is 508 g/mol. The molecule has 1 N–H and O–H groups in total. The number of thiophene rings is 1. The number of rotatable bonds is 5. The molecule has 1 aromatic carbocycles. The SMILES string of the molecule is COC(=O)c1cn(C2CC2)c2c(OC(F)F)c(-c3cc4c(s3)C(O)C(C)(C)CC4)c(F)cc2c1=O. The summed E-state index contributed by atoms with van der Waals surface area (Å²) in [5.74, 6) is -2.28. The van der Waals surface area contributed by atoms with Gasteiger partial charge in [-0.1, -0.05) is 13.8 Å². The van der Waals surface area contributed by atoms with E-state index in [1.54, 1.807) is 6.07 Å². The Morgan fingerprint density at radius 1 is 1.29 bits per heavy atom. The van der Waals surface area contributed by atoms with Gasteiger partial charge in [-0.05, 0) is 48.8 Å². The average Bonchev–Trinajstić information content (AvgIpc) is 3.55. The van der Waals surface area contributed by atoms with Gasteiger partial charge in [-0.2, -0.15) is 8.78 Å². The van der Waals surface area contributed by atoms with Crippen molar-refractivity contribution in [3.05, 3.63) is 50.4 Å². The second-order valence-corrected chi connectivity index (χ2v) is 10.8. The van der Waals surface area contributed by atoms with Gasteiger partial charge in [-0.3, -0.25) is 4.79 Å². The number of carbonyl (C=O) groups is 1. The largest absolute Gasteiger partial charge is 0.465 e. The second-order valence-electron chi connectivity index (χ2n) is 9.73. The maximum absolute atomic E-state index is 15.6. The number of ether oxygens (including phenoxy) is 2. The molecule has 0 aliphatic heterocycles. The van der Waals surface area contributed by atoms with E-state index in [-0.39, 0.29) is 33.5 Å². The molecule has 35 heavy (non-hydrogen) atoms. The van der Waals surface area contributed by atoms with Crippen LogP contribution in [0.15, 0.2) is 23.1 Å². The van der Waals surface area contributed by atoms with E-state index in [0.717, 1.165) is 36.5 Å². The minimum Gasteiger partial charge on any atom is -0.465 e. The van der Waals surface area contributed by atoms with Gasteiger partial charge in [0.2, 0.25) is 5.43 Å². The summed E-state index contributed by atoms with van der Waals surface area (Å²) in [6.07, 6.45) is 3.28. The molecule has 0 radical (unpaired) electrons. The minimum absolute atomic E-state index is 0.00843. The van der Waals surface area contributed by atoms with E-state index < -0.39 is 35.7 Å². The summed E-state index contributed by atoms with van der Waals surface area (Å²) in [4.78, 5) is 26.3. The van der Waals surface area contributed by atoms with Crippen LogP contribution in [0.2, 0.25) is 0 Å². The molecule has 3 aromatic rings. The Morgan fingerprint density at radius 3 is 2.63 bits per heavy atom. The van der Waals surface area contributed by atoms with Crippen molar-refractivity contribution in [2.24, 2.45) is 5.41 Å². The Balaban J connectivity index is 1.82. The minimum atomic E-state index is -3.28. The summed E-state index contributed by atoms with van der Waals surface area (Å²) in [6, 6.07) is 2.51. The van der Waals surface area contributed by atoms with Crippen LogP contribution >= 0.6 is 11.3 Å². The number of methoxy groups -OCH3 is 1. The maximum Gasteiger partial charge on any atom is 0.387 e. The maximum atomic E-state index is 15.6. The highest BCUT2D eigenvalue weighted by molar-refractivity contribution is 7.15. The van der Waals surface area contributed by atoms with E-state index >= 15 is 4.39 Å². The van der Waals surface area contributed by atoms with Crippen molar-refractivity contribution in [3.8, 4) is 16.2 Å². The van der Waals surface area contributed by atoms with E-state index in [9.17, 15) is 23.5 Å². The van der Waals surface area contributed by atoms with Crippen molar-refractivity contribution in [3.63, 3.8) is 0 Å². The van der Waals surface area contributed by atoms with Crippen LogP contribution < -0.4 is 10.2 Å². The Kier molecular flexibility index (Phi) is 5.71. The monoisotopic (exact) mass is 507 g/mol. The number of hydrogen-bond donors (Lipinski definition) is 1. The fourth-order valence-corrected chi connectivity index (χ4v) is 6.18. The molecule has 1 unspecified atom stereocenters. The van der Waals surface area contributed by atoms with Crippen LogP contribution in [0.4, 0.5) is 13.2 Å². The standard InChI is InChI=1S/C25H24F3NO5S/c1-25(2)7-6-11-8-16(35-21(11)22(25)31)17-15(26)9-13-18(20(17)34-24(27)28)29(12-4-5-12)10-14(19(13)30)23(32)33-3/h8-10,12,22,24,31H,4-7H2,1-3H3. The number of benzene rings is 1. The molecule has 0 saturated heterocycles. The zero-order valence-corrected chi connectivity index (χ0v) is 20.2. The first-order valence-corrected chi connectivity index (χ1v) is 12.1. The number of carbonyl (C=O) groups excluding carboxylic acids is 1. The van der Waals surface area contributed by atoms with Crippen molar-refractivity contribution in [2.45, 2.75) is 58.3 Å². The Labute approximate surface area is 202 Å². The lowest BCUT2D eigenvalue weighted by molar-refractivity contribution is -0.0487. The number of alkyl halides is 2. The van der Waals surface area contributed by atoms with Crippen LogP contribution in [0.1, 0.15) is 66.1 Å². The van der Waals surface area contributed by atoms with Crippen molar-refractivity contribution in [1.82, 2.24) is 4.57 Å². The first-order valence-electron chi connectivity index (χ1n) is 11.3. The summed E-state index contributed by atoms with van der Waals surface area (Å²) < 4.78 is 54.0. The molecular formula is C25H24F3NO5S. The topological polar surface area (TPSA) is 77.8 Å². The van der Waals surface area contributed by atoms with Crippen LogP contribution in [0.25, 0.3) is 21.3 Å². The van der Waals surface area contributed by atoms with E-state index in [2.05, 4.69) is 0 Å². The third kappa shape index (κ3) is 3.92. The normalized spacial score (nSPS) is 19.1. The Bertz CT molecular complexity index is 1410. The summed E-state index contributed by atoms with van der Waals surface area (Å²) in [5.41, 5.74) is -0.860. The van der Waals surface area contributed by atoms with E-state index in [4.69, 9.17) is 9.47 Å². The van der Waals surface area contributed by atoms with Crippen molar-refractivity contribution in [1.29, 1.82) is 0 Å². The highest BCUT2D eigenvalue weighted by atomic mass is 32.1. The molecule has 0 bridgehead atoms. The quantitative estimate of drug-likeness (QED) is 0.455. The molecule has 1 atom stereocenters. The molecule has 1 saturated carbocycles.